The van der Waals surface area contributed by atoms with Crippen molar-refractivity contribution in [2.24, 2.45) is 0 Å². The highest BCUT2D eigenvalue weighted by Crippen LogP contribution is 2.17. The van der Waals surface area contributed by atoms with Gasteiger partial charge in [0.25, 0.3) is 17.7 Å². The number of amides is 3. The third-order valence-corrected chi connectivity index (χ3v) is 5.60. The van der Waals surface area contributed by atoms with Crippen LogP contribution in [0, 0.1) is 0 Å². The Balaban J connectivity index is 1.33. The van der Waals surface area contributed by atoms with E-state index in [4.69, 9.17) is 4.74 Å². The van der Waals surface area contributed by atoms with E-state index in [1.165, 1.54) is 0 Å². The Kier molecular flexibility index (Phi) is 6.69. The predicted octanol–water partition coefficient (Wildman–Crippen LogP) is 3.55. The van der Waals surface area contributed by atoms with Crippen molar-refractivity contribution in [3.8, 4) is 5.75 Å². The van der Waals surface area contributed by atoms with Gasteiger partial charge in [-0.25, -0.2) is 0 Å². The van der Waals surface area contributed by atoms with Crippen LogP contribution in [0.5, 0.6) is 5.75 Å². The monoisotopic (exact) mass is 443 g/mol. The molecule has 1 aliphatic heterocycles. The number of benzene rings is 3. The van der Waals surface area contributed by atoms with Gasteiger partial charge in [-0.15, -0.1) is 0 Å². The molecule has 0 atom stereocenters. The number of piperazine rings is 1. The van der Waals surface area contributed by atoms with E-state index in [0.717, 1.165) is 0 Å². The van der Waals surface area contributed by atoms with Gasteiger partial charge in [-0.1, -0.05) is 24.3 Å². The minimum atomic E-state index is -0.202. The summed E-state index contributed by atoms with van der Waals surface area (Å²) in [5.74, 6) is 0.272. The molecule has 3 amide bonds. The van der Waals surface area contributed by atoms with Crippen molar-refractivity contribution < 1.29 is 19.1 Å². The lowest BCUT2D eigenvalue weighted by Crippen LogP contribution is -2.50. The molecule has 4 rings (SSSR count). The lowest BCUT2D eigenvalue weighted by Gasteiger charge is -2.35. The highest BCUT2D eigenvalue weighted by molar-refractivity contribution is 6.04. The molecule has 7 nitrogen and oxygen atoms in total. The Morgan fingerprint density at radius 3 is 1.88 bits per heavy atom. The summed E-state index contributed by atoms with van der Waals surface area (Å²) in [6.45, 7) is 1.85. The first kappa shape index (κ1) is 22.1. The summed E-state index contributed by atoms with van der Waals surface area (Å²) in [7, 11) is 1.57. The number of methoxy groups -OCH3 is 1. The third kappa shape index (κ3) is 5.20. The van der Waals surface area contributed by atoms with Crippen LogP contribution in [-0.4, -0.2) is 60.8 Å². The Morgan fingerprint density at radius 1 is 0.697 bits per heavy atom. The van der Waals surface area contributed by atoms with E-state index in [9.17, 15) is 14.4 Å². The van der Waals surface area contributed by atoms with Gasteiger partial charge >= 0.3 is 0 Å². The number of hydrogen-bond donors (Lipinski definition) is 1. The average Bonchev–Trinajstić information content (AvgIpc) is 2.89. The van der Waals surface area contributed by atoms with Gasteiger partial charge in [-0.3, -0.25) is 14.4 Å². The molecule has 0 spiro atoms. The smallest absolute Gasteiger partial charge is 0.255 e. The van der Waals surface area contributed by atoms with Crippen LogP contribution in [0.25, 0.3) is 0 Å². The molecule has 1 heterocycles. The molecule has 168 valence electrons. The van der Waals surface area contributed by atoms with E-state index in [0.29, 0.717) is 54.3 Å². The minimum Gasteiger partial charge on any atom is -0.497 e. The molecule has 0 aromatic heterocycles. The van der Waals surface area contributed by atoms with Gasteiger partial charge in [-0.2, -0.15) is 0 Å². The highest BCUT2D eigenvalue weighted by atomic mass is 16.5. The quantitative estimate of drug-likeness (QED) is 0.654. The van der Waals surface area contributed by atoms with Gasteiger partial charge in [0.2, 0.25) is 0 Å². The summed E-state index contributed by atoms with van der Waals surface area (Å²) in [4.78, 5) is 41.5. The third-order valence-electron chi connectivity index (χ3n) is 5.60. The van der Waals surface area contributed by atoms with Gasteiger partial charge in [0.15, 0.2) is 0 Å². The summed E-state index contributed by atoms with van der Waals surface area (Å²) in [5.41, 5.74) is 2.30. The second kappa shape index (κ2) is 9.99. The predicted molar refractivity (Wildman–Crippen MR) is 126 cm³/mol. The normalized spacial score (nSPS) is 13.4. The molecule has 0 bridgehead atoms. The summed E-state index contributed by atoms with van der Waals surface area (Å²) in [6, 6.07) is 22.9. The minimum absolute atomic E-state index is 0.0699. The van der Waals surface area contributed by atoms with Crippen molar-refractivity contribution in [3.63, 3.8) is 0 Å². The number of hydrogen-bond acceptors (Lipinski definition) is 4. The largest absolute Gasteiger partial charge is 0.497 e. The molecule has 0 unspecified atom stereocenters. The van der Waals surface area contributed by atoms with Crippen molar-refractivity contribution in [2.45, 2.75) is 0 Å². The number of ether oxygens (including phenoxy) is 1. The van der Waals surface area contributed by atoms with Gasteiger partial charge in [0.1, 0.15) is 5.75 Å². The van der Waals surface area contributed by atoms with E-state index >= 15 is 0 Å². The Labute approximate surface area is 192 Å². The molecule has 33 heavy (non-hydrogen) atoms. The molecule has 1 saturated heterocycles. The Morgan fingerprint density at radius 2 is 1.27 bits per heavy atom. The lowest BCUT2D eigenvalue weighted by atomic mass is 10.1. The number of anilines is 1. The van der Waals surface area contributed by atoms with Crippen LogP contribution >= 0.6 is 0 Å². The molecule has 1 N–H and O–H groups in total. The lowest BCUT2D eigenvalue weighted by molar-refractivity contribution is 0.0535. The zero-order valence-electron chi connectivity index (χ0n) is 18.4. The topological polar surface area (TPSA) is 79.0 Å². The van der Waals surface area contributed by atoms with Crippen molar-refractivity contribution in [2.75, 3.05) is 38.6 Å². The summed E-state index contributed by atoms with van der Waals surface area (Å²) in [6.07, 6.45) is 0. The molecular formula is C26H25N3O4. The van der Waals surface area contributed by atoms with Crippen LogP contribution in [0.15, 0.2) is 78.9 Å². The molecule has 1 aliphatic rings. The fourth-order valence-electron chi connectivity index (χ4n) is 3.72. The van der Waals surface area contributed by atoms with Crippen LogP contribution < -0.4 is 10.1 Å². The number of nitrogens with one attached hydrogen (secondary N) is 1. The standard InChI is InChI=1S/C26H25N3O4/c1-33-23-9-5-8-21(18-23)26(32)29-16-14-28(15-17-29)25(31)20-10-12-22(13-11-20)27-24(30)19-6-3-2-4-7-19/h2-13,18H,14-17H2,1H3,(H,27,30). The number of nitrogens with zero attached hydrogens (tertiary/aromatic N) is 2. The van der Waals surface area contributed by atoms with Crippen molar-refractivity contribution in [1.29, 1.82) is 0 Å². The molecule has 1 fully saturated rings. The molecule has 0 aliphatic carbocycles. The Bertz CT molecular complexity index is 1140. The van der Waals surface area contributed by atoms with E-state index in [1.54, 1.807) is 89.7 Å². The zero-order chi connectivity index (χ0) is 23.2. The maximum absolute atomic E-state index is 12.9. The average molecular weight is 444 g/mol. The highest BCUT2D eigenvalue weighted by Gasteiger charge is 2.25. The molecule has 3 aromatic carbocycles. The Hall–Kier alpha value is -4.13. The second-order valence-corrected chi connectivity index (χ2v) is 7.71. The van der Waals surface area contributed by atoms with Crippen LogP contribution in [0.1, 0.15) is 31.1 Å². The van der Waals surface area contributed by atoms with Gasteiger partial charge < -0.3 is 19.9 Å². The fourth-order valence-corrected chi connectivity index (χ4v) is 3.72. The number of rotatable bonds is 5. The van der Waals surface area contributed by atoms with Crippen LogP contribution in [0.4, 0.5) is 5.69 Å². The summed E-state index contributed by atoms with van der Waals surface area (Å²) < 4.78 is 5.20. The van der Waals surface area contributed by atoms with Crippen LogP contribution in [0.2, 0.25) is 0 Å². The molecule has 0 radical (unpaired) electrons. The fraction of sp³-hybridized carbons (Fsp3) is 0.192. The maximum atomic E-state index is 12.9. The zero-order valence-corrected chi connectivity index (χ0v) is 18.4. The van der Waals surface area contributed by atoms with Gasteiger partial charge in [-0.05, 0) is 54.6 Å². The van der Waals surface area contributed by atoms with Crippen molar-refractivity contribution in [1.82, 2.24) is 9.80 Å². The first-order valence-corrected chi connectivity index (χ1v) is 10.7. The van der Waals surface area contributed by atoms with Crippen molar-refractivity contribution in [3.05, 3.63) is 95.6 Å². The van der Waals surface area contributed by atoms with Gasteiger partial charge in [0.05, 0.1) is 7.11 Å². The van der Waals surface area contributed by atoms with E-state index in [-0.39, 0.29) is 17.7 Å². The first-order chi connectivity index (χ1) is 16.0. The number of carbonyl (C=O) groups excluding carboxylic acids is 3. The second-order valence-electron chi connectivity index (χ2n) is 7.71. The summed E-state index contributed by atoms with van der Waals surface area (Å²) in [5, 5.41) is 2.83. The maximum Gasteiger partial charge on any atom is 0.255 e. The van der Waals surface area contributed by atoms with Crippen LogP contribution in [-0.2, 0) is 0 Å². The molecular weight excluding hydrogens is 418 g/mol. The molecule has 3 aromatic rings. The first-order valence-electron chi connectivity index (χ1n) is 10.7. The van der Waals surface area contributed by atoms with Gasteiger partial charge in [0, 0.05) is 48.6 Å². The molecule has 7 heteroatoms. The molecule has 0 saturated carbocycles. The number of carbonyl (C=O) groups is 3. The van der Waals surface area contributed by atoms with Crippen molar-refractivity contribution >= 4 is 23.4 Å². The summed E-state index contributed by atoms with van der Waals surface area (Å²) >= 11 is 0. The van der Waals surface area contributed by atoms with Crippen LogP contribution in [0.3, 0.4) is 0 Å². The van der Waals surface area contributed by atoms with E-state index < -0.39 is 0 Å². The van der Waals surface area contributed by atoms with E-state index in [1.807, 2.05) is 6.07 Å². The SMILES string of the molecule is COc1cccc(C(=O)N2CCN(C(=O)c3ccc(NC(=O)c4ccccc4)cc3)CC2)c1. The van der Waals surface area contributed by atoms with E-state index in [2.05, 4.69) is 5.32 Å².